The first kappa shape index (κ1) is 75.2. The fourth-order valence-corrected chi connectivity index (χ4v) is 10.3. The first-order chi connectivity index (χ1) is 45.8. The topological polar surface area (TPSA) is 560 Å². The number of amides is 11. The summed E-state index contributed by atoms with van der Waals surface area (Å²) >= 11 is 0. The second-order valence-corrected chi connectivity index (χ2v) is 22.6. The molecular weight excluding hydrogens is 1240 g/mol. The highest BCUT2D eigenvalue weighted by Crippen LogP contribution is 2.22. The van der Waals surface area contributed by atoms with E-state index in [4.69, 9.17) is 50.4 Å². The standard InChI is InChI=1S/C63H84N20O13/c1-96-42-23-18-39(19-24-42)34-47(74-53(87)27-20-37-11-5-12-40(31-37)81-82-71)57(91)79-48(33-36-9-3-2-4-10-36)58(92)75-44(25-26-51(64)85)56(90)80-49(35-52(65)86)59(93)77-45(14-7-29-73-63(69)70)61(95)83-30-8-15-50(83)60(94)76-43(13-6-28-72-62(67)68)55(89)78-46(54(66)88)32-38-16-21-41(84)22-17-38/h2-5,9-12,16-19,21-24,31,43-50,84H,6-8,13-15,20,25-30,32-35H2,1H3,(H2,64,85)(H2,65,86)(H2,66,88)(H,74,87)(H,75,92)(H,76,94)(H,77,93)(H,78,89)(H,79,91)(H,80,90)(H4,67,68,72)(H4,69,70,73)/t43-,44-,45-,46-,47+,48-,49-,50-/m0/s1. The van der Waals surface area contributed by atoms with Gasteiger partial charge in [0.2, 0.25) is 65.0 Å². The van der Waals surface area contributed by atoms with Gasteiger partial charge < -0.3 is 92.1 Å². The molecule has 1 aliphatic rings. The molecule has 0 bridgehead atoms. The van der Waals surface area contributed by atoms with Gasteiger partial charge in [0.15, 0.2) is 11.9 Å². The smallest absolute Gasteiger partial charge is 0.245 e. The van der Waals surface area contributed by atoms with E-state index in [0.717, 1.165) is 0 Å². The van der Waals surface area contributed by atoms with Crippen molar-refractivity contribution in [1.29, 1.82) is 0 Å². The van der Waals surface area contributed by atoms with Crippen LogP contribution in [0.25, 0.3) is 10.4 Å². The summed E-state index contributed by atoms with van der Waals surface area (Å²) in [6, 6.07) is 15.8. The van der Waals surface area contributed by atoms with Crippen LogP contribution in [0.1, 0.15) is 86.5 Å². The first-order valence-corrected chi connectivity index (χ1v) is 30.8. The zero-order valence-electron chi connectivity index (χ0n) is 53.0. The summed E-state index contributed by atoms with van der Waals surface area (Å²) in [5.74, 6) is -10.0. The third kappa shape index (κ3) is 25.9. The molecule has 0 aliphatic carbocycles. The first-order valence-electron chi connectivity index (χ1n) is 30.8. The van der Waals surface area contributed by atoms with Crippen LogP contribution in [-0.4, -0.2) is 162 Å². The number of carbonyl (C=O) groups is 11. The lowest BCUT2D eigenvalue weighted by Gasteiger charge is -2.31. The number of aromatic hydroxyl groups is 1. The number of nitrogens with zero attached hydrogens (tertiary/aromatic N) is 6. The van der Waals surface area contributed by atoms with Crippen molar-refractivity contribution >= 4 is 82.6 Å². The number of azide groups is 1. The van der Waals surface area contributed by atoms with E-state index in [2.05, 4.69) is 57.2 Å². The van der Waals surface area contributed by atoms with Gasteiger partial charge >= 0.3 is 0 Å². The molecule has 0 spiro atoms. The van der Waals surface area contributed by atoms with Crippen LogP contribution in [0.15, 0.2) is 118 Å². The van der Waals surface area contributed by atoms with Crippen molar-refractivity contribution < 1.29 is 62.6 Å². The highest BCUT2D eigenvalue weighted by molar-refractivity contribution is 5.99. The molecule has 8 atom stereocenters. The van der Waals surface area contributed by atoms with Crippen molar-refractivity contribution in [2.45, 2.75) is 138 Å². The summed E-state index contributed by atoms with van der Waals surface area (Å²) in [6.07, 6.45) is -1.86. The minimum Gasteiger partial charge on any atom is -0.508 e. The minimum atomic E-state index is -1.87. The zero-order valence-corrected chi connectivity index (χ0v) is 53.0. The number of aryl methyl sites for hydroxylation is 1. The Hall–Kier alpha value is -11.5. The van der Waals surface area contributed by atoms with Gasteiger partial charge in [0.05, 0.1) is 13.5 Å². The number of hydrogen-bond acceptors (Lipinski definition) is 16. The number of nitrogens with one attached hydrogen (secondary N) is 7. The molecule has 0 saturated carbocycles. The Morgan fingerprint density at radius 1 is 0.562 bits per heavy atom. The van der Waals surface area contributed by atoms with Crippen molar-refractivity contribution in [3.05, 3.63) is 136 Å². The van der Waals surface area contributed by atoms with Crippen LogP contribution in [0.4, 0.5) is 5.69 Å². The number of hydrogen-bond donors (Lipinski definition) is 15. The van der Waals surface area contributed by atoms with E-state index in [1.165, 1.54) is 36.3 Å². The summed E-state index contributed by atoms with van der Waals surface area (Å²) in [5.41, 5.74) is 50.6. The summed E-state index contributed by atoms with van der Waals surface area (Å²) in [7, 11) is 1.48. The Kier molecular flexibility index (Phi) is 30.2. The van der Waals surface area contributed by atoms with Crippen molar-refractivity contribution in [1.82, 2.24) is 42.1 Å². The van der Waals surface area contributed by atoms with E-state index in [0.29, 0.717) is 33.7 Å². The maximum atomic E-state index is 14.8. The number of primary amides is 3. The number of guanidine groups is 2. The van der Waals surface area contributed by atoms with E-state index in [9.17, 15) is 57.8 Å². The van der Waals surface area contributed by atoms with Crippen molar-refractivity contribution in [2.75, 3.05) is 26.7 Å². The van der Waals surface area contributed by atoms with Crippen LogP contribution in [0, 0.1) is 0 Å². The van der Waals surface area contributed by atoms with Crippen LogP contribution >= 0.6 is 0 Å². The van der Waals surface area contributed by atoms with Crippen LogP contribution in [0.2, 0.25) is 0 Å². The third-order valence-electron chi connectivity index (χ3n) is 15.2. The van der Waals surface area contributed by atoms with Crippen molar-refractivity contribution in [3.63, 3.8) is 0 Å². The fourth-order valence-electron chi connectivity index (χ4n) is 10.3. The molecule has 4 aromatic rings. The predicted molar refractivity (Wildman–Crippen MR) is 352 cm³/mol. The largest absolute Gasteiger partial charge is 0.508 e. The molecule has 11 amide bonds. The molecule has 1 fully saturated rings. The highest BCUT2D eigenvalue weighted by atomic mass is 16.5. The van der Waals surface area contributed by atoms with Gasteiger partial charge in [-0.05, 0) is 109 Å². The van der Waals surface area contributed by atoms with Gasteiger partial charge in [0, 0.05) is 62.3 Å². The Balaban J connectivity index is 1.39. The van der Waals surface area contributed by atoms with Gasteiger partial charge in [-0.3, -0.25) is 62.7 Å². The van der Waals surface area contributed by atoms with E-state index in [-0.39, 0.29) is 108 Å². The van der Waals surface area contributed by atoms with Crippen LogP contribution in [0.5, 0.6) is 11.5 Å². The number of carbonyl (C=O) groups excluding carboxylic acids is 11. The lowest BCUT2D eigenvalue weighted by atomic mass is 10.0. The summed E-state index contributed by atoms with van der Waals surface area (Å²) < 4.78 is 5.30. The number of rotatable bonds is 39. The SMILES string of the molecule is COc1ccc(C[C@@H](NC(=O)CCc2cccc(N=[N+]=[N-])c2)C(=O)N[C@@H](Cc2ccccc2)C(=O)N[C@@H](CCC(N)=O)C(=O)N[C@@H](CC(N)=O)C(=O)N[C@@H](CCCN=C(N)N)C(=O)N2CCC[C@H]2C(=O)N[C@@H](CCCN=C(N)N)C(=O)N[C@@H](Cc2ccc(O)cc2)C(N)=O)cc1. The molecule has 5 rings (SSSR count). The van der Waals surface area contributed by atoms with E-state index in [1.807, 2.05) is 0 Å². The van der Waals surface area contributed by atoms with Gasteiger partial charge in [0.25, 0.3) is 0 Å². The maximum absolute atomic E-state index is 14.8. The van der Waals surface area contributed by atoms with Crippen molar-refractivity contribution in [2.24, 2.45) is 55.2 Å². The Morgan fingerprint density at radius 3 is 1.64 bits per heavy atom. The lowest BCUT2D eigenvalue weighted by molar-refractivity contribution is -0.143. The maximum Gasteiger partial charge on any atom is 0.245 e. The quantitative estimate of drug-likeness (QED) is 0.00581. The lowest BCUT2D eigenvalue weighted by Crippen LogP contribution is -2.60. The Labute approximate surface area is 552 Å². The summed E-state index contributed by atoms with van der Waals surface area (Å²) in [5, 5.41) is 31.6. The number of phenols is 1. The second-order valence-electron chi connectivity index (χ2n) is 22.6. The second kappa shape index (κ2) is 38.5. The van der Waals surface area contributed by atoms with Gasteiger partial charge in [-0.2, -0.15) is 0 Å². The normalized spacial score (nSPS) is 14.5. The molecule has 0 aromatic heterocycles. The molecule has 4 aromatic carbocycles. The number of nitrogens with two attached hydrogens (primary N) is 7. The number of ether oxygens (including phenoxy) is 1. The Bertz CT molecular complexity index is 3470. The van der Waals surface area contributed by atoms with E-state index < -0.39 is 133 Å². The van der Waals surface area contributed by atoms with Crippen LogP contribution < -0.4 is 82.1 Å². The zero-order chi connectivity index (χ0) is 70.3. The summed E-state index contributed by atoms with van der Waals surface area (Å²) in [6.45, 7) is -0.0385. The van der Waals surface area contributed by atoms with Gasteiger partial charge in [-0.1, -0.05) is 77.9 Å². The molecule has 22 N–H and O–H groups in total. The molecule has 1 saturated heterocycles. The monoisotopic (exact) mass is 1330 g/mol. The number of methoxy groups -OCH3 is 1. The predicted octanol–water partition coefficient (Wildman–Crippen LogP) is -1.88. The number of phenolic OH excluding ortho intramolecular Hbond substituents is 1. The average molecular weight is 1330 g/mol. The molecular formula is C63H84N20O13. The van der Waals surface area contributed by atoms with Crippen molar-refractivity contribution in [3.8, 4) is 11.5 Å². The molecule has 96 heavy (non-hydrogen) atoms. The number of likely N-dealkylation sites (tertiary alicyclic amines) is 1. The fraction of sp³-hybridized carbons (Fsp3) is 0.413. The molecule has 514 valence electrons. The molecule has 0 radical (unpaired) electrons. The molecule has 1 aliphatic heterocycles. The van der Waals surface area contributed by atoms with Gasteiger partial charge in [-0.25, -0.2) is 0 Å². The number of aliphatic imine (C=N–C) groups is 2. The molecule has 33 heteroatoms. The van der Waals surface area contributed by atoms with Crippen LogP contribution in [-0.2, 0) is 78.4 Å². The highest BCUT2D eigenvalue weighted by Gasteiger charge is 2.41. The van der Waals surface area contributed by atoms with Crippen LogP contribution in [0.3, 0.4) is 0 Å². The van der Waals surface area contributed by atoms with Gasteiger partial charge in [0.1, 0.15) is 59.8 Å². The van der Waals surface area contributed by atoms with E-state index in [1.54, 1.807) is 78.9 Å². The number of benzene rings is 4. The molecule has 1 heterocycles. The van der Waals surface area contributed by atoms with E-state index >= 15 is 0 Å². The summed E-state index contributed by atoms with van der Waals surface area (Å²) in [4.78, 5) is 165. The third-order valence-corrected chi connectivity index (χ3v) is 15.2. The van der Waals surface area contributed by atoms with Gasteiger partial charge in [-0.15, -0.1) is 0 Å². The average Bonchev–Trinajstić information content (AvgIpc) is 1.66. The minimum absolute atomic E-state index is 0.0288. The molecule has 0 unspecified atom stereocenters. The Morgan fingerprint density at radius 2 is 1.06 bits per heavy atom. The molecule has 33 nitrogen and oxygen atoms in total.